The normalized spacial score (nSPS) is 16.0. The largest absolute Gasteiger partial charge is 0.355 e. The fourth-order valence-electron chi connectivity index (χ4n) is 3.44. The van der Waals surface area contributed by atoms with Gasteiger partial charge in [-0.15, -0.1) is 0 Å². The van der Waals surface area contributed by atoms with Crippen LogP contribution in [0.1, 0.15) is 38.3 Å². The van der Waals surface area contributed by atoms with Gasteiger partial charge in [-0.1, -0.05) is 32.4 Å². The number of hydrogen-bond donors (Lipinski definition) is 1. The van der Waals surface area contributed by atoms with Crippen molar-refractivity contribution in [2.24, 2.45) is 0 Å². The lowest BCUT2D eigenvalue weighted by Crippen LogP contribution is -2.47. The molecule has 0 saturated carbocycles. The van der Waals surface area contributed by atoms with Crippen molar-refractivity contribution in [2.45, 2.75) is 32.6 Å². The van der Waals surface area contributed by atoms with E-state index in [1.165, 1.54) is 0 Å². The Bertz CT molecular complexity index is 854. The summed E-state index contributed by atoms with van der Waals surface area (Å²) in [4.78, 5) is 26.7. The van der Waals surface area contributed by atoms with Crippen molar-refractivity contribution in [1.29, 1.82) is 5.26 Å². The molecule has 1 amide bonds. The number of carbonyl (C=O) groups is 1. The van der Waals surface area contributed by atoms with E-state index < -0.39 is 5.92 Å². The number of unbranched alkanes of at least 4 members (excludes halogenated alkanes) is 1. The quantitative estimate of drug-likeness (QED) is 0.742. The fourth-order valence-corrected chi connectivity index (χ4v) is 3.44. The first-order valence-corrected chi connectivity index (χ1v) is 10.1. The van der Waals surface area contributed by atoms with E-state index >= 15 is 0 Å². The molecular weight excluding hydrogens is 352 g/mol. The van der Waals surface area contributed by atoms with Crippen LogP contribution in [0.3, 0.4) is 0 Å². The zero-order valence-electron chi connectivity index (χ0n) is 16.7. The van der Waals surface area contributed by atoms with Crippen LogP contribution < -0.4 is 10.2 Å². The van der Waals surface area contributed by atoms with E-state index in [-0.39, 0.29) is 5.91 Å². The molecule has 2 heterocycles. The van der Waals surface area contributed by atoms with Crippen LogP contribution in [0.2, 0.25) is 0 Å². The summed E-state index contributed by atoms with van der Waals surface area (Å²) < 4.78 is 0. The van der Waals surface area contributed by atoms with Crippen molar-refractivity contribution < 1.29 is 4.79 Å². The van der Waals surface area contributed by atoms with Crippen molar-refractivity contribution in [1.82, 2.24) is 20.2 Å². The Labute approximate surface area is 166 Å². The van der Waals surface area contributed by atoms with Crippen LogP contribution in [-0.2, 0) is 4.79 Å². The van der Waals surface area contributed by atoms with Crippen LogP contribution in [0, 0.1) is 11.3 Å². The Balaban J connectivity index is 1.96. The molecular formula is C21H28N6O. The molecule has 28 heavy (non-hydrogen) atoms. The Hall–Kier alpha value is -2.72. The van der Waals surface area contributed by atoms with Crippen LogP contribution in [0.4, 0.5) is 5.82 Å². The molecule has 1 fully saturated rings. The van der Waals surface area contributed by atoms with Gasteiger partial charge in [0, 0.05) is 32.7 Å². The van der Waals surface area contributed by atoms with Crippen molar-refractivity contribution in [3.63, 3.8) is 0 Å². The average Bonchev–Trinajstić information content (AvgIpc) is 2.74. The maximum absolute atomic E-state index is 12.7. The number of amides is 1. The molecule has 1 unspecified atom stereocenters. The molecule has 1 aromatic heterocycles. The molecule has 2 aromatic rings. The zero-order chi connectivity index (χ0) is 19.9. The molecule has 1 N–H and O–H groups in total. The highest BCUT2D eigenvalue weighted by Gasteiger charge is 2.29. The van der Waals surface area contributed by atoms with E-state index in [0.29, 0.717) is 23.6 Å². The predicted octanol–water partition coefficient (Wildman–Crippen LogP) is 2.30. The van der Waals surface area contributed by atoms with Gasteiger partial charge in [0.05, 0.1) is 17.1 Å². The van der Waals surface area contributed by atoms with Gasteiger partial charge in [-0.25, -0.2) is 9.97 Å². The molecule has 1 aromatic carbocycles. The first-order chi connectivity index (χ1) is 13.7. The summed E-state index contributed by atoms with van der Waals surface area (Å²) in [7, 11) is 0. The van der Waals surface area contributed by atoms with Gasteiger partial charge < -0.3 is 15.1 Å². The number of nitrogens with zero attached hydrogens (tertiary/aromatic N) is 5. The summed E-state index contributed by atoms with van der Waals surface area (Å²) in [5.74, 6) is -0.603. The summed E-state index contributed by atoms with van der Waals surface area (Å²) in [5.41, 5.74) is 1.94. The average molecular weight is 380 g/mol. The lowest BCUT2D eigenvalue weighted by molar-refractivity contribution is -0.121. The van der Waals surface area contributed by atoms with Crippen LogP contribution in [0.25, 0.3) is 11.0 Å². The SMILES string of the molecule is CCCCNC(=O)C(C#N)c1nc2ccccc2nc1N1CCN(CC)CC1. The molecule has 7 heteroatoms. The number of para-hydroxylation sites is 2. The molecule has 3 rings (SSSR count). The number of rotatable bonds is 7. The number of hydrogen-bond acceptors (Lipinski definition) is 6. The van der Waals surface area contributed by atoms with Crippen molar-refractivity contribution in [3.8, 4) is 6.07 Å². The van der Waals surface area contributed by atoms with E-state index in [0.717, 1.165) is 51.1 Å². The van der Waals surface area contributed by atoms with Crippen LogP contribution >= 0.6 is 0 Å². The second-order valence-corrected chi connectivity index (χ2v) is 7.05. The van der Waals surface area contributed by atoms with Crippen LogP contribution in [-0.4, -0.2) is 60.0 Å². The van der Waals surface area contributed by atoms with Gasteiger partial charge in [0.1, 0.15) is 5.69 Å². The Morgan fingerprint density at radius 1 is 1.18 bits per heavy atom. The highest BCUT2D eigenvalue weighted by atomic mass is 16.1. The third-order valence-corrected chi connectivity index (χ3v) is 5.19. The number of aromatic nitrogens is 2. The number of nitriles is 1. The minimum Gasteiger partial charge on any atom is -0.355 e. The number of piperazine rings is 1. The number of carbonyl (C=O) groups excluding carboxylic acids is 1. The maximum atomic E-state index is 12.7. The third-order valence-electron chi connectivity index (χ3n) is 5.19. The number of fused-ring (bicyclic) bond motifs is 1. The highest BCUT2D eigenvalue weighted by molar-refractivity contribution is 5.88. The van der Waals surface area contributed by atoms with Gasteiger partial charge in [0.25, 0.3) is 0 Å². The molecule has 0 bridgehead atoms. The number of benzene rings is 1. The second-order valence-electron chi connectivity index (χ2n) is 7.05. The lowest BCUT2D eigenvalue weighted by atomic mass is 10.0. The Morgan fingerprint density at radius 2 is 1.86 bits per heavy atom. The molecule has 148 valence electrons. The summed E-state index contributed by atoms with van der Waals surface area (Å²) in [6, 6.07) is 9.76. The Kier molecular flexibility index (Phi) is 6.77. The molecule has 0 radical (unpaired) electrons. The first kappa shape index (κ1) is 20.0. The maximum Gasteiger partial charge on any atom is 0.243 e. The van der Waals surface area contributed by atoms with Gasteiger partial charge in [0.15, 0.2) is 11.7 Å². The van der Waals surface area contributed by atoms with Crippen molar-refractivity contribution >= 4 is 22.8 Å². The molecule has 1 aliphatic rings. The van der Waals surface area contributed by atoms with Crippen LogP contribution in [0.5, 0.6) is 0 Å². The minimum absolute atomic E-state index is 0.297. The summed E-state index contributed by atoms with van der Waals surface area (Å²) in [6.45, 7) is 9.30. The summed E-state index contributed by atoms with van der Waals surface area (Å²) in [5, 5.41) is 12.6. The molecule has 1 saturated heterocycles. The number of anilines is 1. The van der Waals surface area contributed by atoms with E-state index in [1.54, 1.807) is 0 Å². The number of likely N-dealkylation sites (N-methyl/N-ethyl adjacent to an activating group) is 1. The zero-order valence-corrected chi connectivity index (χ0v) is 16.7. The van der Waals surface area contributed by atoms with Gasteiger partial charge >= 0.3 is 0 Å². The smallest absolute Gasteiger partial charge is 0.243 e. The van der Waals surface area contributed by atoms with Crippen LogP contribution in [0.15, 0.2) is 24.3 Å². The van der Waals surface area contributed by atoms with Gasteiger partial charge in [-0.3, -0.25) is 4.79 Å². The topological polar surface area (TPSA) is 85.1 Å². The van der Waals surface area contributed by atoms with E-state index in [2.05, 4.69) is 35.0 Å². The van der Waals surface area contributed by atoms with Gasteiger partial charge in [0.2, 0.25) is 5.91 Å². The highest BCUT2D eigenvalue weighted by Crippen LogP contribution is 2.28. The van der Waals surface area contributed by atoms with Gasteiger partial charge in [-0.2, -0.15) is 5.26 Å². The molecule has 0 spiro atoms. The fraction of sp³-hybridized carbons (Fsp3) is 0.524. The lowest BCUT2D eigenvalue weighted by Gasteiger charge is -2.35. The predicted molar refractivity (Wildman–Crippen MR) is 110 cm³/mol. The molecule has 0 aliphatic carbocycles. The molecule has 1 atom stereocenters. The molecule has 7 nitrogen and oxygen atoms in total. The standard InChI is InChI=1S/C21H28N6O/c1-3-5-10-23-21(28)16(15-22)19-20(27-13-11-26(4-2)12-14-27)25-18-9-7-6-8-17(18)24-19/h6-9,16H,3-5,10-14H2,1-2H3,(H,23,28). The monoisotopic (exact) mass is 380 g/mol. The van der Waals surface area contributed by atoms with E-state index in [4.69, 9.17) is 9.97 Å². The number of nitrogens with one attached hydrogen (secondary N) is 1. The second kappa shape index (κ2) is 9.47. The first-order valence-electron chi connectivity index (χ1n) is 10.1. The van der Waals surface area contributed by atoms with E-state index in [1.807, 2.05) is 24.3 Å². The Morgan fingerprint density at radius 3 is 2.46 bits per heavy atom. The summed E-state index contributed by atoms with van der Waals surface area (Å²) >= 11 is 0. The van der Waals surface area contributed by atoms with Gasteiger partial charge in [-0.05, 0) is 25.1 Å². The van der Waals surface area contributed by atoms with Crippen molar-refractivity contribution in [2.75, 3.05) is 44.2 Å². The third kappa shape index (κ3) is 4.39. The minimum atomic E-state index is -0.965. The van der Waals surface area contributed by atoms with E-state index in [9.17, 15) is 10.1 Å². The molecule has 1 aliphatic heterocycles. The summed E-state index contributed by atoms with van der Waals surface area (Å²) in [6.07, 6.45) is 1.87. The van der Waals surface area contributed by atoms with Crippen molar-refractivity contribution in [3.05, 3.63) is 30.0 Å².